The third kappa shape index (κ3) is 5.91. The number of carbonyl (C=O) groups is 1. The molecule has 0 bridgehead atoms. The van der Waals surface area contributed by atoms with Crippen molar-refractivity contribution in [1.82, 2.24) is 9.71 Å². The van der Waals surface area contributed by atoms with Gasteiger partial charge in [0.2, 0.25) is 10.0 Å². The van der Waals surface area contributed by atoms with E-state index >= 15 is 0 Å². The lowest BCUT2D eigenvalue weighted by molar-refractivity contribution is 0.104. The third-order valence-electron chi connectivity index (χ3n) is 5.07. The van der Waals surface area contributed by atoms with E-state index in [0.717, 1.165) is 16.5 Å². The Hall–Kier alpha value is -3.46. The average Bonchev–Trinajstić information content (AvgIpc) is 3.36. The molecule has 9 heteroatoms. The molecule has 0 saturated carbocycles. The molecule has 7 nitrogen and oxygen atoms in total. The number of furan rings is 1. The lowest BCUT2D eigenvalue weighted by atomic mass is 10.1. The van der Waals surface area contributed by atoms with Gasteiger partial charge in [0.1, 0.15) is 5.76 Å². The molecular formula is C25H22ClN3O4S. The Balaban J connectivity index is 1.28. The van der Waals surface area contributed by atoms with Gasteiger partial charge in [0.25, 0.3) is 0 Å². The van der Waals surface area contributed by atoms with Crippen LogP contribution in [0.25, 0.3) is 16.8 Å². The maximum Gasteiger partial charge on any atom is 0.240 e. The van der Waals surface area contributed by atoms with E-state index in [1.54, 1.807) is 30.6 Å². The summed E-state index contributed by atoms with van der Waals surface area (Å²) >= 11 is 6.03. The second kappa shape index (κ2) is 10.6. The standard InChI is InChI=1S/C25H22ClN3O4S/c26-20-6-10-23-19(15-20)16-27-17-24(23)28-12-2-13-29-34(31,32)22-8-4-18(5-9-22)25(30)11-7-21-3-1-14-33-21/h1,3-11,14-17,28-29H,2,12-13H2/b11-7+. The molecule has 2 aromatic carbocycles. The zero-order valence-corrected chi connectivity index (χ0v) is 19.6. The maximum atomic E-state index is 12.6. The summed E-state index contributed by atoms with van der Waals surface area (Å²) in [6.45, 7) is 0.813. The van der Waals surface area contributed by atoms with Crippen LogP contribution in [0.4, 0.5) is 5.69 Å². The summed E-state index contributed by atoms with van der Waals surface area (Å²) in [6.07, 6.45) is 8.50. The summed E-state index contributed by atoms with van der Waals surface area (Å²) in [4.78, 5) is 16.6. The van der Waals surface area contributed by atoms with E-state index in [-0.39, 0.29) is 17.2 Å². The lowest BCUT2D eigenvalue weighted by Crippen LogP contribution is -2.26. The van der Waals surface area contributed by atoms with Gasteiger partial charge in [0.05, 0.1) is 23.0 Å². The van der Waals surface area contributed by atoms with Crippen LogP contribution in [0.3, 0.4) is 0 Å². The minimum Gasteiger partial charge on any atom is -0.465 e. The molecule has 2 heterocycles. The maximum absolute atomic E-state index is 12.6. The second-order valence-corrected chi connectivity index (χ2v) is 9.67. The van der Waals surface area contributed by atoms with E-state index in [1.807, 2.05) is 18.2 Å². The number of anilines is 1. The highest BCUT2D eigenvalue weighted by molar-refractivity contribution is 7.89. The van der Waals surface area contributed by atoms with E-state index in [9.17, 15) is 13.2 Å². The van der Waals surface area contributed by atoms with Crippen molar-refractivity contribution < 1.29 is 17.6 Å². The van der Waals surface area contributed by atoms with Crippen LogP contribution in [0.2, 0.25) is 5.02 Å². The topological polar surface area (TPSA) is 101 Å². The van der Waals surface area contributed by atoms with Crippen molar-refractivity contribution in [2.75, 3.05) is 18.4 Å². The highest BCUT2D eigenvalue weighted by Gasteiger charge is 2.14. The molecule has 2 aromatic heterocycles. The van der Waals surface area contributed by atoms with Crippen LogP contribution < -0.4 is 10.0 Å². The molecular weight excluding hydrogens is 474 g/mol. The molecule has 4 aromatic rings. The fraction of sp³-hybridized carbons (Fsp3) is 0.120. The normalized spacial score (nSPS) is 11.8. The quantitative estimate of drug-likeness (QED) is 0.179. The molecule has 174 valence electrons. The number of halogens is 1. The summed E-state index contributed by atoms with van der Waals surface area (Å²) < 4.78 is 32.9. The molecule has 0 saturated heterocycles. The number of benzene rings is 2. The summed E-state index contributed by atoms with van der Waals surface area (Å²) in [5.74, 6) is 0.317. The second-order valence-electron chi connectivity index (χ2n) is 7.47. The first-order valence-corrected chi connectivity index (χ1v) is 12.4. The fourth-order valence-electron chi connectivity index (χ4n) is 3.33. The number of aromatic nitrogens is 1. The zero-order chi connectivity index (χ0) is 24.0. The number of pyridine rings is 1. The SMILES string of the molecule is O=C(/C=C/c1ccco1)c1ccc(S(=O)(=O)NCCCNc2cncc3cc(Cl)ccc23)cc1. The minimum absolute atomic E-state index is 0.0992. The molecule has 0 fully saturated rings. The molecule has 34 heavy (non-hydrogen) atoms. The van der Waals surface area contributed by atoms with Gasteiger partial charge in [-0.05, 0) is 67.1 Å². The number of carbonyl (C=O) groups excluding carboxylic acids is 1. The zero-order valence-electron chi connectivity index (χ0n) is 18.1. The highest BCUT2D eigenvalue weighted by atomic mass is 35.5. The number of ketones is 1. The number of allylic oxidation sites excluding steroid dienone is 1. The van der Waals surface area contributed by atoms with Gasteiger partial charge in [-0.2, -0.15) is 0 Å². The Kier molecular flexibility index (Phi) is 7.42. The average molecular weight is 496 g/mol. The van der Waals surface area contributed by atoms with Crippen LogP contribution in [0, 0.1) is 0 Å². The molecule has 0 atom stereocenters. The van der Waals surface area contributed by atoms with Gasteiger partial charge in [-0.3, -0.25) is 9.78 Å². The van der Waals surface area contributed by atoms with Crippen LogP contribution in [0.1, 0.15) is 22.5 Å². The van der Waals surface area contributed by atoms with Crippen molar-refractivity contribution in [2.24, 2.45) is 0 Å². The number of sulfonamides is 1. The highest BCUT2D eigenvalue weighted by Crippen LogP contribution is 2.24. The molecule has 0 spiro atoms. The van der Waals surface area contributed by atoms with Gasteiger partial charge in [0, 0.05) is 40.6 Å². The Morgan fingerprint density at radius 1 is 1.06 bits per heavy atom. The molecule has 0 radical (unpaired) electrons. The first-order chi connectivity index (χ1) is 16.4. The summed E-state index contributed by atoms with van der Waals surface area (Å²) in [5, 5.41) is 5.85. The lowest BCUT2D eigenvalue weighted by Gasteiger charge is -2.10. The number of hydrogen-bond acceptors (Lipinski definition) is 6. The van der Waals surface area contributed by atoms with Crippen LogP contribution in [0.15, 0.2) is 88.6 Å². The summed E-state index contributed by atoms with van der Waals surface area (Å²) in [5.41, 5.74) is 1.24. The van der Waals surface area contributed by atoms with Gasteiger partial charge >= 0.3 is 0 Å². The monoisotopic (exact) mass is 495 g/mol. The van der Waals surface area contributed by atoms with Crippen LogP contribution >= 0.6 is 11.6 Å². The molecule has 0 aliphatic heterocycles. The first kappa shape index (κ1) is 23.7. The van der Waals surface area contributed by atoms with E-state index in [2.05, 4.69) is 15.0 Å². The fourth-order valence-corrected chi connectivity index (χ4v) is 4.58. The molecule has 0 aliphatic rings. The Morgan fingerprint density at radius 2 is 1.88 bits per heavy atom. The summed E-state index contributed by atoms with van der Waals surface area (Å²) in [6, 6.07) is 14.9. The van der Waals surface area contributed by atoms with Gasteiger partial charge in [-0.1, -0.05) is 17.7 Å². The van der Waals surface area contributed by atoms with Crippen molar-refractivity contribution in [1.29, 1.82) is 0 Å². The largest absolute Gasteiger partial charge is 0.465 e. The molecule has 0 unspecified atom stereocenters. The van der Waals surface area contributed by atoms with Crippen LogP contribution in [0.5, 0.6) is 0 Å². The van der Waals surface area contributed by atoms with Crippen molar-refractivity contribution in [3.63, 3.8) is 0 Å². The van der Waals surface area contributed by atoms with E-state index in [1.165, 1.54) is 36.6 Å². The van der Waals surface area contributed by atoms with E-state index in [4.69, 9.17) is 16.0 Å². The number of fused-ring (bicyclic) bond motifs is 1. The Bertz CT molecular complexity index is 1420. The van der Waals surface area contributed by atoms with Crippen molar-refractivity contribution in [2.45, 2.75) is 11.3 Å². The molecule has 0 aliphatic carbocycles. The number of nitrogens with zero attached hydrogens (tertiary/aromatic N) is 1. The van der Waals surface area contributed by atoms with Crippen molar-refractivity contribution in [3.05, 3.63) is 95.7 Å². The first-order valence-electron chi connectivity index (χ1n) is 10.6. The summed E-state index contributed by atoms with van der Waals surface area (Å²) in [7, 11) is -3.68. The predicted octanol–water partition coefficient (Wildman–Crippen LogP) is 5.16. The van der Waals surface area contributed by atoms with Gasteiger partial charge in [-0.15, -0.1) is 0 Å². The smallest absolute Gasteiger partial charge is 0.240 e. The van der Waals surface area contributed by atoms with E-state index in [0.29, 0.717) is 29.3 Å². The van der Waals surface area contributed by atoms with Crippen molar-refractivity contribution in [3.8, 4) is 0 Å². The number of nitrogens with one attached hydrogen (secondary N) is 2. The van der Waals surface area contributed by atoms with Crippen LogP contribution in [-0.2, 0) is 10.0 Å². The van der Waals surface area contributed by atoms with Gasteiger partial charge in [0.15, 0.2) is 5.78 Å². The Labute approximate surface area is 202 Å². The van der Waals surface area contributed by atoms with Crippen molar-refractivity contribution >= 4 is 49.9 Å². The minimum atomic E-state index is -3.68. The molecule has 4 rings (SSSR count). The Morgan fingerprint density at radius 3 is 2.65 bits per heavy atom. The predicted molar refractivity (Wildman–Crippen MR) is 134 cm³/mol. The third-order valence-corrected chi connectivity index (χ3v) is 6.79. The van der Waals surface area contributed by atoms with Crippen LogP contribution in [-0.4, -0.2) is 32.3 Å². The van der Waals surface area contributed by atoms with Gasteiger partial charge in [-0.25, -0.2) is 13.1 Å². The number of rotatable bonds is 10. The van der Waals surface area contributed by atoms with E-state index < -0.39 is 10.0 Å². The number of hydrogen-bond donors (Lipinski definition) is 2. The molecule has 0 amide bonds. The van der Waals surface area contributed by atoms with Gasteiger partial charge < -0.3 is 9.73 Å². The molecule has 2 N–H and O–H groups in total.